The largest absolute Gasteiger partial charge is 0.459 e. The number of carbonyl (C=O) groups excluding carboxylic acids is 5. The minimum atomic E-state index is -1.37. The van der Waals surface area contributed by atoms with Gasteiger partial charge in [0.05, 0.1) is 18.6 Å². The Morgan fingerprint density at radius 2 is 1.14 bits per heavy atom. The maximum atomic E-state index is 14.0. The summed E-state index contributed by atoms with van der Waals surface area (Å²) in [5.74, 6) is -3.65. The number of hydrogen-bond donors (Lipinski definition) is 5. The Bertz CT molecular complexity index is 1940. The van der Waals surface area contributed by atoms with E-state index in [1.807, 2.05) is 131 Å². The number of aliphatic hydroxyl groups excluding tert-OH is 1. The summed E-state index contributed by atoms with van der Waals surface area (Å²) in [6.45, 7) is 11.0. The van der Waals surface area contributed by atoms with Gasteiger partial charge in [0.2, 0.25) is 17.7 Å². The second kappa shape index (κ2) is 22.2. The lowest BCUT2D eigenvalue weighted by Gasteiger charge is -2.30. The van der Waals surface area contributed by atoms with Crippen molar-refractivity contribution >= 4 is 29.6 Å². The zero-order valence-electron chi connectivity index (χ0n) is 34.3. The highest BCUT2D eigenvalue weighted by Crippen LogP contribution is 2.24. The maximum absolute atomic E-state index is 14.0. The van der Waals surface area contributed by atoms with Gasteiger partial charge in [-0.25, -0.2) is 4.79 Å². The van der Waals surface area contributed by atoms with Crippen molar-refractivity contribution < 1.29 is 33.8 Å². The topological polar surface area (TPSA) is 163 Å². The number of aliphatic hydroxyl groups is 1. The molecule has 0 saturated carbocycles. The molecule has 0 aliphatic carbocycles. The summed E-state index contributed by atoms with van der Waals surface area (Å²) in [6, 6.07) is 31.3. The third kappa shape index (κ3) is 13.1. The van der Waals surface area contributed by atoms with Gasteiger partial charge in [0.15, 0.2) is 0 Å². The van der Waals surface area contributed by atoms with Gasteiger partial charge in [-0.15, -0.1) is 0 Å². The molecule has 0 bridgehead atoms. The molecule has 11 heteroatoms. The predicted octanol–water partition coefficient (Wildman–Crippen LogP) is 6.00. The van der Waals surface area contributed by atoms with Crippen LogP contribution >= 0.6 is 0 Å². The minimum Gasteiger partial charge on any atom is -0.459 e. The van der Waals surface area contributed by atoms with Crippen LogP contribution in [0, 0.1) is 17.8 Å². The standard InChI is InChI=1S/C47H58N4O7/c1-7-32(6)43(46(56)51-42(31(4)5)47(57)58-29-34-21-13-9-14-22-34)49-40(53)28-39(52)38(27-33-19-11-8-12-20-33)48-45(55)41(30(2)3)50-44(54)37-26-18-17-25-36(37)35-23-15-10-16-24-35/h8-26,30-32,38-39,41-43,52H,7,27-29H2,1-6H3,(H,48,55)(H,49,53)(H,50,54)(H,51,56)/t32-,38-,39-,41-,42-,43-/m0/s1. The summed E-state index contributed by atoms with van der Waals surface area (Å²) in [6.07, 6.45) is -1.08. The highest BCUT2D eigenvalue weighted by Gasteiger charge is 2.34. The number of benzene rings is 4. The lowest BCUT2D eigenvalue weighted by atomic mass is 9.95. The van der Waals surface area contributed by atoms with Gasteiger partial charge in [-0.3, -0.25) is 19.2 Å². The summed E-state index contributed by atoms with van der Waals surface area (Å²) in [5, 5.41) is 23.0. The first-order chi connectivity index (χ1) is 27.8. The quantitative estimate of drug-likeness (QED) is 0.0686. The van der Waals surface area contributed by atoms with E-state index in [0.29, 0.717) is 12.0 Å². The molecule has 4 rings (SSSR count). The fourth-order valence-corrected chi connectivity index (χ4v) is 6.55. The average Bonchev–Trinajstić information content (AvgIpc) is 3.23. The van der Waals surface area contributed by atoms with Gasteiger partial charge in [0.1, 0.15) is 24.7 Å². The molecule has 0 radical (unpaired) electrons. The van der Waals surface area contributed by atoms with E-state index >= 15 is 0 Å². The molecule has 0 heterocycles. The molecule has 0 fully saturated rings. The third-order valence-corrected chi connectivity index (χ3v) is 10.2. The Labute approximate surface area is 342 Å². The van der Waals surface area contributed by atoms with Crippen LogP contribution < -0.4 is 21.3 Å². The smallest absolute Gasteiger partial charge is 0.329 e. The Morgan fingerprint density at radius 3 is 1.72 bits per heavy atom. The first kappa shape index (κ1) is 44.9. The lowest BCUT2D eigenvalue weighted by Crippen LogP contribution is -2.57. The molecule has 0 aromatic heterocycles. The van der Waals surface area contributed by atoms with Gasteiger partial charge < -0.3 is 31.1 Å². The highest BCUT2D eigenvalue weighted by molar-refractivity contribution is 6.03. The van der Waals surface area contributed by atoms with E-state index in [-0.39, 0.29) is 30.8 Å². The van der Waals surface area contributed by atoms with Crippen molar-refractivity contribution in [2.24, 2.45) is 17.8 Å². The zero-order valence-corrected chi connectivity index (χ0v) is 34.3. The Kier molecular flexibility index (Phi) is 17.2. The molecule has 4 amide bonds. The van der Waals surface area contributed by atoms with E-state index in [4.69, 9.17) is 4.74 Å². The number of esters is 1. The average molecular weight is 791 g/mol. The van der Waals surface area contributed by atoms with Crippen LogP contribution in [-0.4, -0.2) is 65.0 Å². The molecular weight excluding hydrogens is 733 g/mol. The SMILES string of the molecule is CC[C@H](C)[C@H](NC(=O)C[C@H](O)[C@H](Cc1ccccc1)NC(=O)[C@@H](NC(=O)c1ccccc1-c1ccccc1)C(C)C)C(=O)N[C@H](C(=O)OCc1ccccc1)C(C)C. The fourth-order valence-electron chi connectivity index (χ4n) is 6.55. The fraction of sp³-hybridized carbons (Fsp3) is 0.383. The van der Waals surface area contributed by atoms with E-state index in [9.17, 15) is 29.1 Å². The number of nitrogens with one attached hydrogen (secondary N) is 4. The normalized spacial score (nSPS) is 14.3. The first-order valence-corrected chi connectivity index (χ1v) is 20.1. The van der Waals surface area contributed by atoms with Crippen molar-refractivity contribution in [3.8, 4) is 11.1 Å². The molecule has 0 aliphatic rings. The van der Waals surface area contributed by atoms with Crippen molar-refractivity contribution in [3.63, 3.8) is 0 Å². The van der Waals surface area contributed by atoms with Crippen molar-refractivity contribution in [1.82, 2.24) is 21.3 Å². The molecule has 308 valence electrons. The maximum Gasteiger partial charge on any atom is 0.329 e. The van der Waals surface area contributed by atoms with Crippen LogP contribution in [0.5, 0.6) is 0 Å². The summed E-state index contributed by atoms with van der Waals surface area (Å²) >= 11 is 0. The van der Waals surface area contributed by atoms with Gasteiger partial charge >= 0.3 is 5.97 Å². The van der Waals surface area contributed by atoms with Crippen LogP contribution in [0.15, 0.2) is 115 Å². The second-order valence-corrected chi connectivity index (χ2v) is 15.4. The third-order valence-electron chi connectivity index (χ3n) is 10.2. The second-order valence-electron chi connectivity index (χ2n) is 15.4. The molecule has 0 saturated heterocycles. The molecule has 5 N–H and O–H groups in total. The molecule has 4 aromatic carbocycles. The van der Waals surface area contributed by atoms with Gasteiger partial charge in [0.25, 0.3) is 5.91 Å². The minimum absolute atomic E-state index is 0.0510. The van der Waals surface area contributed by atoms with Crippen LogP contribution in [0.1, 0.15) is 75.9 Å². The van der Waals surface area contributed by atoms with Gasteiger partial charge in [-0.2, -0.15) is 0 Å². The van der Waals surface area contributed by atoms with Crippen LogP contribution in [0.4, 0.5) is 0 Å². The predicted molar refractivity (Wildman–Crippen MR) is 225 cm³/mol. The van der Waals surface area contributed by atoms with Gasteiger partial charge in [0, 0.05) is 5.56 Å². The summed E-state index contributed by atoms with van der Waals surface area (Å²) < 4.78 is 5.53. The zero-order chi connectivity index (χ0) is 42.2. The molecule has 11 nitrogen and oxygen atoms in total. The number of amides is 4. The molecule has 6 atom stereocenters. The summed E-state index contributed by atoms with van der Waals surface area (Å²) in [4.78, 5) is 68.2. The Hall–Kier alpha value is -5.81. The molecule has 4 aromatic rings. The summed E-state index contributed by atoms with van der Waals surface area (Å²) in [7, 11) is 0. The molecule has 0 spiro atoms. The number of ether oxygens (including phenoxy) is 1. The lowest BCUT2D eigenvalue weighted by molar-refractivity contribution is -0.150. The van der Waals surface area contributed by atoms with Gasteiger partial charge in [-0.05, 0) is 52.5 Å². The molecule has 58 heavy (non-hydrogen) atoms. The number of rotatable bonds is 20. The van der Waals surface area contributed by atoms with Crippen molar-refractivity contribution in [2.75, 3.05) is 0 Å². The molecule has 0 unspecified atom stereocenters. The molecular formula is C47H58N4O7. The van der Waals surface area contributed by atoms with Crippen molar-refractivity contribution in [2.45, 2.75) is 97.7 Å². The number of carbonyl (C=O) groups is 5. The van der Waals surface area contributed by atoms with Crippen molar-refractivity contribution in [1.29, 1.82) is 0 Å². The molecule has 0 aliphatic heterocycles. The Balaban J connectivity index is 1.47. The summed E-state index contributed by atoms with van der Waals surface area (Å²) in [5.41, 5.74) is 3.61. The van der Waals surface area contributed by atoms with Crippen LogP contribution in [0.3, 0.4) is 0 Å². The Morgan fingerprint density at radius 1 is 0.603 bits per heavy atom. The van der Waals surface area contributed by atoms with E-state index < -0.39 is 66.3 Å². The van der Waals surface area contributed by atoms with Crippen LogP contribution in [-0.2, 0) is 36.9 Å². The van der Waals surface area contributed by atoms with Crippen LogP contribution in [0.2, 0.25) is 0 Å². The van der Waals surface area contributed by atoms with E-state index in [0.717, 1.165) is 22.3 Å². The van der Waals surface area contributed by atoms with Gasteiger partial charge in [-0.1, -0.05) is 157 Å². The van der Waals surface area contributed by atoms with E-state index in [2.05, 4.69) is 21.3 Å². The van der Waals surface area contributed by atoms with Crippen LogP contribution in [0.25, 0.3) is 11.1 Å². The highest BCUT2D eigenvalue weighted by atomic mass is 16.5. The van der Waals surface area contributed by atoms with Crippen molar-refractivity contribution in [3.05, 3.63) is 132 Å². The number of hydrogen-bond acceptors (Lipinski definition) is 7. The van der Waals surface area contributed by atoms with E-state index in [1.54, 1.807) is 26.0 Å². The monoisotopic (exact) mass is 790 g/mol. The first-order valence-electron chi connectivity index (χ1n) is 20.1. The van der Waals surface area contributed by atoms with E-state index in [1.165, 1.54) is 0 Å².